The first-order valence-corrected chi connectivity index (χ1v) is 9.85. The van der Waals surface area contributed by atoms with Crippen molar-refractivity contribution in [1.29, 1.82) is 0 Å². The summed E-state index contributed by atoms with van der Waals surface area (Å²) in [7, 11) is 1.55. The van der Waals surface area contributed by atoms with E-state index in [2.05, 4.69) is 17.6 Å². The molecular weight excluding hydrogens is 352 g/mol. The Labute approximate surface area is 160 Å². The van der Waals surface area contributed by atoms with E-state index in [1.165, 1.54) is 0 Å². The lowest BCUT2D eigenvalue weighted by molar-refractivity contribution is -0.128. The summed E-state index contributed by atoms with van der Waals surface area (Å²) >= 11 is 6.09. The number of methoxy groups -OCH3 is 1. The molecule has 144 valence electrons. The Balaban J connectivity index is 1.77. The van der Waals surface area contributed by atoms with Gasteiger partial charge in [0.25, 0.3) is 0 Å². The number of benzene rings is 1. The minimum Gasteiger partial charge on any atom is -0.495 e. The van der Waals surface area contributed by atoms with Crippen LogP contribution >= 0.6 is 11.6 Å². The first-order valence-electron chi connectivity index (χ1n) is 9.47. The van der Waals surface area contributed by atoms with E-state index in [0.29, 0.717) is 16.5 Å². The second-order valence-corrected chi connectivity index (χ2v) is 7.29. The molecule has 5 nitrogen and oxygen atoms in total. The number of carbonyl (C=O) groups excluding carboxylic acids is 2. The molecule has 26 heavy (non-hydrogen) atoms. The van der Waals surface area contributed by atoms with Crippen molar-refractivity contribution in [2.75, 3.05) is 19.0 Å². The molecule has 1 aliphatic carbocycles. The lowest BCUT2D eigenvalue weighted by Crippen LogP contribution is -2.35. The molecule has 0 spiro atoms. The Hall–Kier alpha value is -1.75. The van der Waals surface area contributed by atoms with Gasteiger partial charge in [0.05, 0.1) is 12.1 Å². The summed E-state index contributed by atoms with van der Waals surface area (Å²) in [5.41, 5.74) is 0.664. The molecular formula is C20H29ClN2O3. The van der Waals surface area contributed by atoms with E-state index in [1.54, 1.807) is 25.3 Å². The molecule has 1 fully saturated rings. The van der Waals surface area contributed by atoms with Crippen molar-refractivity contribution >= 4 is 29.1 Å². The van der Waals surface area contributed by atoms with E-state index < -0.39 is 0 Å². The third-order valence-corrected chi connectivity index (χ3v) is 5.26. The molecule has 0 unspecified atom stereocenters. The summed E-state index contributed by atoms with van der Waals surface area (Å²) in [6.07, 6.45) is 6.33. The maximum Gasteiger partial charge on any atom is 0.227 e. The molecule has 0 aromatic heterocycles. The summed E-state index contributed by atoms with van der Waals surface area (Å²) in [5.74, 6) is 0.696. The molecule has 0 bridgehead atoms. The predicted octanol–water partition coefficient (Wildman–Crippen LogP) is 4.40. The van der Waals surface area contributed by atoms with Crippen LogP contribution in [0.2, 0.25) is 5.02 Å². The Morgan fingerprint density at radius 2 is 1.77 bits per heavy atom. The van der Waals surface area contributed by atoms with Crippen molar-refractivity contribution in [3.63, 3.8) is 0 Å². The molecule has 1 aromatic carbocycles. The van der Waals surface area contributed by atoms with Gasteiger partial charge in [-0.3, -0.25) is 9.59 Å². The molecule has 1 saturated carbocycles. The van der Waals surface area contributed by atoms with Crippen LogP contribution < -0.4 is 15.4 Å². The largest absolute Gasteiger partial charge is 0.495 e. The van der Waals surface area contributed by atoms with Crippen LogP contribution in [-0.4, -0.2) is 25.5 Å². The molecule has 2 rings (SSSR count). The molecule has 0 radical (unpaired) electrons. The molecule has 0 saturated heterocycles. The van der Waals surface area contributed by atoms with Crippen molar-refractivity contribution in [2.45, 2.75) is 51.9 Å². The van der Waals surface area contributed by atoms with Gasteiger partial charge < -0.3 is 15.4 Å². The number of rotatable bonds is 8. The third-order valence-electron chi connectivity index (χ3n) is 4.97. The minimum absolute atomic E-state index is 0.00645. The summed E-state index contributed by atoms with van der Waals surface area (Å²) in [5, 5.41) is 6.41. The van der Waals surface area contributed by atoms with Crippen LogP contribution in [-0.2, 0) is 9.59 Å². The molecule has 1 aromatic rings. The van der Waals surface area contributed by atoms with Gasteiger partial charge in [-0.05, 0) is 50.3 Å². The number of ether oxygens (including phenoxy) is 1. The van der Waals surface area contributed by atoms with Crippen LogP contribution in [0.15, 0.2) is 18.2 Å². The predicted molar refractivity (Wildman–Crippen MR) is 105 cm³/mol. The summed E-state index contributed by atoms with van der Waals surface area (Å²) < 4.78 is 5.11. The molecule has 0 aliphatic heterocycles. The maximum atomic E-state index is 12.5. The molecule has 0 heterocycles. The van der Waals surface area contributed by atoms with Gasteiger partial charge in [-0.25, -0.2) is 0 Å². The molecule has 2 N–H and O–H groups in total. The van der Waals surface area contributed by atoms with E-state index in [4.69, 9.17) is 16.3 Å². The van der Waals surface area contributed by atoms with Crippen LogP contribution in [0, 0.1) is 11.8 Å². The summed E-state index contributed by atoms with van der Waals surface area (Å²) in [6.45, 7) is 2.90. The van der Waals surface area contributed by atoms with E-state index in [9.17, 15) is 9.59 Å². The van der Waals surface area contributed by atoms with Gasteiger partial charge in [-0.15, -0.1) is 0 Å². The Kier molecular flexibility index (Phi) is 8.23. The van der Waals surface area contributed by atoms with E-state index in [-0.39, 0.29) is 23.7 Å². The number of hydrogen-bond acceptors (Lipinski definition) is 3. The number of hydrogen-bond donors (Lipinski definition) is 2. The minimum atomic E-state index is -0.0555. The SMILES string of the molecule is CCCCCNC(=O)C1CCC(C(=O)Nc2ccc(OC)c(Cl)c2)CC1. The maximum absolute atomic E-state index is 12.5. The lowest BCUT2D eigenvalue weighted by Gasteiger charge is -2.27. The van der Waals surface area contributed by atoms with Gasteiger partial charge in [0.2, 0.25) is 11.8 Å². The smallest absolute Gasteiger partial charge is 0.227 e. The highest BCUT2D eigenvalue weighted by Crippen LogP contribution is 2.31. The Bertz CT molecular complexity index is 613. The van der Waals surface area contributed by atoms with Crippen molar-refractivity contribution < 1.29 is 14.3 Å². The van der Waals surface area contributed by atoms with Crippen molar-refractivity contribution in [3.05, 3.63) is 23.2 Å². The van der Waals surface area contributed by atoms with Gasteiger partial charge >= 0.3 is 0 Å². The van der Waals surface area contributed by atoms with Crippen molar-refractivity contribution in [1.82, 2.24) is 5.32 Å². The summed E-state index contributed by atoms with van der Waals surface area (Å²) in [6, 6.07) is 5.20. The van der Waals surface area contributed by atoms with E-state index >= 15 is 0 Å². The molecule has 1 aliphatic rings. The molecule has 6 heteroatoms. The highest BCUT2D eigenvalue weighted by atomic mass is 35.5. The van der Waals surface area contributed by atoms with E-state index in [1.807, 2.05) is 0 Å². The van der Waals surface area contributed by atoms with Crippen LogP contribution in [0.25, 0.3) is 0 Å². The highest BCUT2D eigenvalue weighted by molar-refractivity contribution is 6.32. The standard InChI is InChI=1S/C20H29ClN2O3/c1-3-4-5-12-22-19(24)14-6-8-15(9-7-14)20(25)23-16-10-11-18(26-2)17(21)13-16/h10-11,13-15H,3-9,12H2,1-2H3,(H,22,24)(H,23,25). The number of amides is 2. The number of carbonyl (C=O) groups is 2. The van der Waals surface area contributed by atoms with E-state index in [0.717, 1.165) is 51.5 Å². The average Bonchev–Trinajstić information content (AvgIpc) is 2.65. The zero-order chi connectivity index (χ0) is 18.9. The van der Waals surface area contributed by atoms with Gasteiger partial charge in [0, 0.05) is 24.1 Å². The van der Waals surface area contributed by atoms with Gasteiger partial charge in [0.15, 0.2) is 0 Å². The fraction of sp³-hybridized carbons (Fsp3) is 0.600. The normalized spacial score (nSPS) is 19.7. The van der Waals surface area contributed by atoms with Crippen LogP contribution in [0.3, 0.4) is 0 Å². The van der Waals surface area contributed by atoms with Gasteiger partial charge in [0.1, 0.15) is 5.75 Å². The first-order chi connectivity index (χ1) is 12.5. The van der Waals surface area contributed by atoms with Crippen molar-refractivity contribution in [2.24, 2.45) is 11.8 Å². The van der Waals surface area contributed by atoms with Gasteiger partial charge in [-0.2, -0.15) is 0 Å². The number of anilines is 1. The van der Waals surface area contributed by atoms with Crippen molar-refractivity contribution in [3.8, 4) is 5.75 Å². The fourth-order valence-electron chi connectivity index (χ4n) is 3.34. The number of halogens is 1. The third kappa shape index (κ3) is 5.90. The first kappa shape index (κ1) is 20.6. The van der Waals surface area contributed by atoms with Gasteiger partial charge in [-0.1, -0.05) is 31.4 Å². The Morgan fingerprint density at radius 1 is 1.12 bits per heavy atom. The topological polar surface area (TPSA) is 67.4 Å². The zero-order valence-electron chi connectivity index (χ0n) is 15.6. The second-order valence-electron chi connectivity index (χ2n) is 6.89. The highest BCUT2D eigenvalue weighted by Gasteiger charge is 2.29. The second kappa shape index (κ2) is 10.4. The number of nitrogens with one attached hydrogen (secondary N) is 2. The van der Waals surface area contributed by atoms with Crippen LogP contribution in [0.5, 0.6) is 5.75 Å². The quantitative estimate of drug-likeness (QED) is 0.657. The average molecular weight is 381 g/mol. The fourth-order valence-corrected chi connectivity index (χ4v) is 3.59. The summed E-state index contributed by atoms with van der Waals surface area (Å²) in [4.78, 5) is 24.7. The zero-order valence-corrected chi connectivity index (χ0v) is 16.4. The van der Waals surface area contributed by atoms with Crippen LogP contribution in [0.1, 0.15) is 51.9 Å². The van der Waals surface area contributed by atoms with Crippen LogP contribution in [0.4, 0.5) is 5.69 Å². The Morgan fingerprint density at radius 3 is 2.35 bits per heavy atom. The lowest BCUT2D eigenvalue weighted by atomic mass is 9.81. The molecule has 0 atom stereocenters. The molecule has 2 amide bonds. The number of unbranched alkanes of at least 4 members (excludes halogenated alkanes) is 2. The monoisotopic (exact) mass is 380 g/mol.